The highest BCUT2D eigenvalue weighted by molar-refractivity contribution is 7.09. The molecular formula is C16H29N5S. The standard InChI is InChI=1S/C16H29N5S/c1-20(2)14-6-10-21(11-7-14)12-9-19-16(17)18-8-5-15-4-3-13-22-15/h3-4,13-14H,5-12H2,1-2H3,(H3,17,18,19). The van der Waals surface area contributed by atoms with E-state index in [-0.39, 0.29) is 0 Å². The Morgan fingerprint density at radius 1 is 1.45 bits per heavy atom. The van der Waals surface area contributed by atoms with Crippen LogP contribution >= 0.6 is 11.3 Å². The largest absolute Gasteiger partial charge is 0.370 e. The Kier molecular flexibility index (Phi) is 7.15. The Bertz CT molecular complexity index is 435. The van der Waals surface area contributed by atoms with Crippen LogP contribution in [0.1, 0.15) is 17.7 Å². The summed E-state index contributed by atoms with van der Waals surface area (Å²) in [6.07, 6.45) is 3.52. The molecule has 1 fully saturated rings. The molecule has 5 nitrogen and oxygen atoms in total. The summed E-state index contributed by atoms with van der Waals surface area (Å²) in [5.41, 5.74) is 5.91. The van der Waals surface area contributed by atoms with E-state index in [1.165, 1.54) is 30.8 Å². The predicted molar refractivity (Wildman–Crippen MR) is 95.7 cm³/mol. The van der Waals surface area contributed by atoms with Crippen molar-refractivity contribution in [2.75, 3.05) is 46.8 Å². The quantitative estimate of drug-likeness (QED) is 0.585. The molecule has 0 spiro atoms. The molecule has 0 aromatic carbocycles. The molecule has 124 valence electrons. The second-order valence-corrected chi connectivity index (χ2v) is 7.09. The number of nitrogens with one attached hydrogen (secondary N) is 1. The zero-order chi connectivity index (χ0) is 15.8. The molecule has 0 saturated carbocycles. The van der Waals surface area contributed by atoms with Crippen LogP contribution in [-0.4, -0.2) is 68.6 Å². The average molecular weight is 324 g/mol. The molecule has 1 saturated heterocycles. The number of rotatable bonds is 7. The maximum absolute atomic E-state index is 5.91. The minimum absolute atomic E-state index is 0.569. The maximum Gasteiger partial charge on any atom is 0.188 e. The second kappa shape index (κ2) is 9.12. The van der Waals surface area contributed by atoms with Crippen molar-refractivity contribution in [3.8, 4) is 0 Å². The van der Waals surface area contributed by atoms with Crippen LogP contribution in [-0.2, 0) is 6.42 Å². The SMILES string of the molecule is CN(C)C1CCN(CCN=C(N)NCCc2cccs2)CC1. The summed E-state index contributed by atoms with van der Waals surface area (Å²) >= 11 is 1.78. The zero-order valence-electron chi connectivity index (χ0n) is 13.8. The minimum Gasteiger partial charge on any atom is -0.370 e. The van der Waals surface area contributed by atoms with Gasteiger partial charge in [0.25, 0.3) is 0 Å². The van der Waals surface area contributed by atoms with Crippen molar-refractivity contribution in [3.05, 3.63) is 22.4 Å². The summed E-state index contributed by atoms with van der Waals surface area (Å²) in [7, 11) is 4.35. The Balaban J connectivity index is 1.57. The molecule has 1 aliphatic rings. The summed E-state index contributed by atoms with van der Waals surface area (Å²) < 4.78 is 0. The lowest BCUT2D eigenvalue weighted by Crippen LogP contribution is -2.43. The molecule has 0 atom stereocenters. The van der Waals surface area contributed by atoms with E-state index in [0.29, 0.717) is 5.96 Å². The van der Waals surface area contributed by atoms with E-state index in [1.54, 1.807) is 11.3 Å². The van der Waals surface area contributed by atoms with E-state index in [0.717, 1.165) is 32.1 Å². The van der Waals surface area contributed by atoms with Crippen molar-refractivity contribution in [2.45, 2.75) is 25.3 Å². The van der Waals surface area contributed by atoms with Crippen LogP contribution < -0.4 is 11.1 Å². The predicted octanol–water partition coefficient (Wildman–Crippen LogP) is 1.22. The molecule has 0 aliphatic carbocycles. The van der Waals surface area contributed by atoms with E-state index in [1.807, 2.05) is 0 Å². The van der Waals surface area contributed by atoms with Crippen molar-refractivity contribution in [2.24, 2.45) is 10.7 Å². The number of nitrogens with zero attached hydrogens (tertiary/aromatic N) is 3. The Morgan fingerprint density at radius 2 is 2.23 bits per heavy atom. The lowest BCUT2D eigenvalue weighted by atomic mass is 10.0. The number of nitrogens with two attached hydrogens (primary N) is 1. The second-order valence-electron chi connectivity index (χ2n) is 6.06. The van der Waals surface area contributed by atoms with Crippen LogP contribution in [0.15, 0.2) is 22.5 Å². The number of hydrogen-bond acceptors (Lipinski definition) is 4. The fourth-order valence-corrected chi connectivity index (χ4v) is 3.50. The van der Waals surface area contributed by atoms with Gasteiger partial charge >= 0.3 is 0 Å². The zero-order valence-corrected chi connectivity index (χ0v) is 14.6. The summed E-state index contributed by atoms with van der Waals surface area (Å²) in [5, 5.41) is 5.29. The van der Waals surface area contributed by atoms with Crippen LogP contribution in [0.25, 0.3) is 0 Å². The van der Waals surface area contributed by atoms with Gasteiger partial charge in [-0.3, -0.25) is 4.99 Å². The van der Waals surface area contributed by atoms with Crippen molar-refractivity contribution in [3.63, 3.8) is 0 Å². The normalized spacial score (nSPS) is 18.0. The fraction of sp³-hybridized carbons (Fsp3) is 0.688. The van der Waals surface area contributed by atoms with Crippen molar-refractivity contribution < 1.29 is 0 Å². The number of hydrogen-bond donors (Lipinski definition) is 2. The van der Waals surface area contributed by atoms with Crippen molar-refractivity contribution in [1.82, 2.24) is 15.1 Å². The van der Waals surface area contributed by atoms with Crippen LogP contribution in [0.2, 0.25) is 0 Å². The van der Waals surface area contributed by atoms with Crippen LogP contribution in [0.5, 0.6) is 0 Å². The molecular weight excluding hydrogens is 294 g/mol. The third-order valence-corrected chi connectivity index (χ3v) is 5.18. The molecule has 22 heavy (non-hydrogen) atoms. The van der Waals surface area contributed by atoms with Gasteiger partial charge in [0.05, 0.1) is 6.54 Å². The van der Waals surface area contributed by atoms with Gasteiger partial charge in [0.15, 0.2) is 5.96 Å². The smallest absolute Gasteiger partial charge is 0.188 e. The number of guanidine groups is 1. The lowest BCUT2D eigenvalue weighted by Gasteiger charge is -2.34. The van der Waals surface area contributed by atoms with E-state index >= 15 is 0 Å². The fourth-order valence-electron chi connectivity index (χ4n) is 2.80. The number of thiophene rings is 1. The van der Waals surface area contributed by atoms with Gasteiger partial charge in [0.1, 0.15) is 0 Å². The van der Waals surface area contributed by atoms with Gasteiger partial charge in [-0.1, -0.05) is 6.07 Å². The summed E-state index contributed by atoms with van der Waals surface area (Å²) in [6, 6.07) is 4.97. The van der Waals surface area contributed by atoms with Gasteiger partial charge in [-0.15, -0.1) is 11.3 Å². The lowest BCUT2D eigenvalue weighted by molar-refractivity contribution is 0.148. The molecule has 1 aliphatic heterocycles. The molecule has 1 aromatic rings. The molecule has 2 heterocycles. The van der Waals surface area contributed by atoms with Gasteiger partial charge in [0.2, 0.25) is 0 Å². The van der Waals surface area contributed by atoms with Gasteiger partial charge in [-0.05, 0) is 57.9 Å². The first-order chi connectivity index (χ1) is 10.6. The van der Waals surface area contributed by atoms with E-state index < -0.39 is 0 Å². The Labute approximate surface area is 138 Å². The van der Waals surface area contributed by atoms with E-state index in [4.69, 9.17) is 5.73 Å². The monoisotopic (exact) mass is 323 g/mol. The van der Waals surface area contributed by atoms with Gasteiger partial charge < -0.3 is 20.9 Å². The maximum atomic E-state index is 5.91. The average Bonchev–Trinajstić information content (AvgIpc) is 3.01. The highest BCUT2D eigenvalue weighted by atomic mass is 32.1. The Morgan fingerprint density at radius 3 is 2.86 bits per heavy atom. The van der Waals surface area contributed by atoms with Gasteiger partial charge in [0, 0.05) is 24.0 Å². The molecule has 3 N–H and O–H groups in total. The first-order valence-corrected chi connectivity index (χ1v) is 8.98. The number of aliphatic imine (C=N–C) groups is 1. The first-order valence-electron chi connectivity index (χ1n) is 8.10. The van der Waals surface area contributed by atoms with Crippen molar-refractivity contribution in [1.29, 1.82) is 0 Å². The summed E-state index contributed by atoms with van der Waals surface area (Å²) in [4.78, 5) is 10.6. The Hall–Kier alpha value is -1.11. The minimum atomic E-state index is 0.569. The highest BCUT2D eigenvalue weighted by Gasteiger charge is 2.19. The molecule has 2 rings (SSSR count). The number of likely N-dealkylation sites (tertiary alicyclic amines) is 1. The molecule has 0 unspecified atom stereocenters. The first kappa shape index (κ1) is 17.2. The molecule has 6 heteroatoms. The van der Waals surface area contributed by atoms with Gasteiger partial charge in [-0.2, -0.15) is 0 Å². The van der Waals surface area contributed by atoms with E-state index in [2.05, 4.69) is 51.7 Å². The molecule has 1 aromatic heterocycles. The molecule has 0 radical (unpaired) electrons. The van der Waals surface area contributed by atoms with Crippen LogP contribution in [0, 0.1) is 0 Å². The molecule has 0 amide bonds. The third kappa shape index (κ3) is 5.94. The highest BCUT2D eigenvalue weighted by Crippen LogP contribution is 2.13. The van der Waals surface area contributed by atoms with Gasteiger partial charge in [-0.25, -0.2) is 0 Å². The van der Waals surface area contributed by atoms with Crippen LogP contribution in [0.3, 0.4) is 0 Å². The van der Waals surface area contributed by atoms with Crippen molar-refractivity contribution >= 4 is 17.3 Å². The van der Waals surface area contributed by atoms with Crippen LogP contribution in [0.4, 0.5) is 0 Å². The van der Waals surface area contributed by atoms with E-state index in [9.17, 15) is 0 Å². The topological polar surface area (TPSA) is 56.9 Å². The summed E-state index contributed by atoms with van der Waals surface area (Å²) in [6.45, 7) is 4.98. The summed E-state index contributed by atoms with van der Waals surface area (Å²) in [5.74, 6) is 0.569. The molecule has 0 bridgehead atoms. The number of piperidine rings is 1. The third-order valence-electron chi connectivity index (χ3n) is 4.24.